The summed E-state index contributed by atoms with van der Waals surface area (Å²) in [6.45, 7) is 81.8. The molecule has 149 heavy (non-hydrogen) atoms. The highest BCUT2D eigenvalue weighted by molar-refractivity contribution is 7.80. The molecule has 0 saturated carbocycles. The molecule has 0 radical (unpaired) electrons. The van der Waals surface area contributed by atoms with Gasteiger partial charge < -0.3 is 16.0 Å². The standard InChI is InChI=1S/C16H21N3O.C15H23N5S.2C15H22N2OS.C14H23N3OS.C14H23N3S2.C13H19N5S.C10H17N3/c1-11(20)8-17-9-12-7-13-5-6-18-15(16(2,3)4)14(13)19-10-12;1-5-20-9-11(17-18-20)8-19-7-6-12-13(10-19)21-14(16-12)15(2,3)4;2*1-9(18)8-17-10-5-6-12(17)13-11(7-10)16-14(19-13)15(2,3)4;2*1-10(18)15-6-8-17-7-5-11-12(9-17)19-13(16-11)14(2,3)4;1-13(2,3)12-16-9-4-5-18(6-10(9)19-12)7-11-14-8-15-17-11;1-10(2,3)9-11-8-6-4-5-7-13(8)12-9/h5-7,10,17H,8-9H2,1-4H3;9H,5-8,10H2,1-4H3;2*10,12H,5-8H2,1-4H3;2*5-9H2,1-4H3,(H,15,18);4-8H2,1-3H3;4-7H2,1-3H3. The molecule has 814 valence electrons. The van der Waals surface area contributed by atoms with Crippen molar-refractivity contribution in [1.29, 1.82) is 0 Å². The lowest BCUT2D eigenvalue weighted by Crippen LogP contribution is -2.39. The Bertz CT molecular complexity index is 6080. The Morgan fingerprint density at radius 2 is 0.919 bits per heavy atom. The van der Waals surface area contributed by atoms with Crippen molar-refractivity contribution in [2.75, 3.05) is 85.2 Å². The van der Waals surface area contributed by atoms with E-state index < -0.39 is 0 Å². The van der Waals surface area contributed by atoms with Crippen LogP contribution in [0.2, 0.25) is 0 Å². The summed E-state index contributed by atoms with van der Waals surface area (Å²) in [6.07, 6.45) is 20.4. The molecule has 4 atom stereocenters. The summed E-state index contributed by atoms with van der Waals surface area (Å²) in [5, 5.41) is 38.6. The smallest absolute Gasteiger partial charge is 0.216 e. The molecule has 37 heteroatoms. The number of aryl methyl sites for hydroxylation is 3. The van der Waals surface area contributed by atoms with Gasteiger partial charge in [0.2, 0.25) is 5.91 Å². The Morgan fingerprint density at radius 1 is 0.477 bits per heavy atom. The van der Waals surface area contributed by atoms with Crippen molar-refractivity contribution in [2.45, 2.75) is 411 Å². The summed E-state index contributed by atoms with van der Waals surface area (Å²) < 4.78 is 3.96. The summed E-state index contributed by atoms with van der Waals surface area (Å²) in [4.78, 5) is 116. The number of thiocarbonyl (C=S) groups is 1. The Hall–Kier alpha value is -8.02. The first-order chi connectivity index (χ1) is 69.9. The zero-order valence-corrected chi connectivity index (χ0v) is 101. The molecule has 10 aliphatic rings. The highest BCUT2D eigenvalue weighted by Crippen LogP contribution is 2.50. The van der Waals surface area contributed by atoms with E-state index in [2.05, 4.69) is 275 Å². The molecule has 3 N–H and O–H groups in total. The molecule has 10 aromatic rings. The summed E-state index contributed by atoms with van der Waals surface area (Å²) in [5.41, 5.74) is 12.8. The van der Waals surface area contributed by atoms with Crippen molar-refractivity contribution < 1.29 is 19.2 Å². The maximum Gasteiger partial charge on any atom is 0.216 e. The molecule has 30 nitrogen and oxygen atoms in total. The number of thiazole rings is 6. The van der Waals surface area contributed by atoms with Crippen molar-refractivity contribution in [2.24, 2.45) is 15.2 Å². The van der Waals surface area contributed by atoms with E-state index in [1.54, 1.807) is 27.7 Å². The molecular weight excluding hydrogens is 2000 g/mol. The SMILES string of the molecule is CC(=O)CN1C2CCC1c1sc(C(C)(C)C)nc1C2.CC(=O)CN1C2CCC1c1sc(C(C)(C)C)nc1C2.CC(=O)CNCc1cnc2c(C(C)(C)C)nccc2c1.CC(=O)NCCN1CCc2nc(C(C)(C)C)sc2C1.CC(=S)NCCN1CCc2nc(C(C)(C)C)sc2C1.CC(C)(C)c1nc2c(s1)CN(CC1=NCN=N1)CC2.CC(C)(C)c1nc2n(n1)CCCC2.CCn1cc(CN2CCc3nc(C(C)(C)C)sc3C2)nn1. The number of ketones is 3. The number of amidine groups is 1. The number of rotatable bonds is 19. The second-order valence-electron chi connectivity index (χ2n) is 49.7. The van der Waals surface area contributed by atoms with Gasteiger partial charge in [-0.05, 0) is 90.8 Å². The van der Waals surface area contributed by atoms with Crippen molar-refractivity contribution in [3.63, 3.8) is 0 Å². The number of aromatic nitrogens is 14. The van der Waals surface area contributed by atoms with E-state index in [0.717, 1.165) is 194 Å². The van der Waals surface area contributed by atoms with Crippen LogP contribution in [0.15, 0.2) is 45.9 Å². The van der Waals surface area contributed by atoms with Gasteiger partial charge in [0.05, 0.1) is 112 Å². The molecule has 0 spiro atoms. The highest BCUT2D eigenvalue weighted by Gasteiger charge is 2.46. The van der Waals surface area contributed by atoms with Gasteiger partial charge in [0, 0.05) is 277 Å². The second-order valence-corrected chi connectivity index (χ2v) is 56.7. The molecule has 2 fully saturated rings. The predicted octanol–water partition coefficient (Wildman–Crippen LogP) is 20.6. The first kappa shape index (κ1) is 118. The first-order valence-electron chi connectivity index (χ1n) is 53.9. The third-order valence-corrected chi connectivity index (χ3v) is 36.8. The number of azo groups is 1. The van der Waals surface area contributed by atoms with Crippen LogP contribution in [0, 0.1) is 0 Å². The Morgan fingerprint density at radius 3 is 1.32 bits per heavy atom. The van der Waals surface area contributed by atoms with Gasteiger partial charge in [-0.25, -0.2) is 44.6 Å². The number of fused-ring (bicyclic) bond motifs is 14. The number of nitrogens with zero attached hydrogens (tertiary/aromatic N) is 23. The molecule has 4 bridgehead atoms. The van der Waals surface area contributed by atoms with Gasteiger partial charge in [-0.15, -0.1) is 78.2 Å². The zero-order chi connectivity index (χ0) is 108. The number of pyridine rings is 2. The van der Waals surface area contributed by atoms with Crippen LogP contribution >= 0.6 is 80.2 Å². The van der Waals surface area contributed by atoms with Gasteiger partial charge in [-0.2, -0.15) is 10.2 Å². The van der Waals surface area contributed by atoms with Gasteiger partial charge in [0.25, 0.3) is 0 Å². The number of hydrogen-bond donors (Lipinski definition) is 3. The normalized spacial score (nSPS) is 18.8. The first-order valence-corrected chi connectivity index (χ1v) is 59.2. The maximum absolute atomic E-state index is 11.5. The minimum Gasteiger partial charge on any atom is -0.379 e. The topological polar surface area (TPSA) is 325 Å². The molecule has 2 saturated heterocycles. The molecule has 4 unspecified atom stereocenters. The van der Waals surface area contributed by atoms with Crippen molar-refractivity contribution >= 4 is 125 Å². The summed E-state index contributed by atoms with van der Waals surface area (Å²) in [6, 6.07) is 6.06. The number of hydrogen-bond acceptors (Lipinski definition) is 33. The van der Waals surface area contributed by atoms with Gasteiger partial charge in [-0.3, -0.25) is 63.2 Å². The number of carbonyl (C=O) groups excluding carboxylic acids is 4. The average Bonchev–Trinajstić information content (AvgIpc) is 1.60. The van der Waals surface area contributed by atoms with Gasteiger partial charge >= 0.3 is 0 Å². The maximum atomic E-state index is 11.5. The molecule has 10 aromatic heterocycles. The number of nitrogens with one attached hydrogen (secondary N) is 3. The van der Waals surface area contributed by atoms with E-state index in [9.17, 15) is 19.2 Å². The average molecular weight is 2170 g/mol. The molecule has 0 aromatic carbocycles. The van der Waals surface area contributed by atoms with Crippen molar-refractivity contribution in [1.82, 2.24) is 115 Å². The Balaban J connectivity index is 0.000000142. The van der Waals surface area contributed by atoms with Gasteiger partial charge in [0.1, 0.15) is 23.2 Å². The van der Waals surface area contributed by atoms with Crippen LogP contribution in [0.3, 0.4) is 0 Å². The van der Waals surface area contributed by atoms with Crippen LogP contribution in [-0.4, -0.2) is 230 Å². The molecule has 20 heterocycles. The van der Waals surface area contributed by atoms with Crippen LogP contribution in [0.4, 0.5) is 0 Å². The lowest BCUT2D eigenvalue weighted by atomic mass is 9.90. The van der Waals surface area contributed by atoms with E-state index in [0.29, 0.717) is 57.0 Å². The highest BCUT2D eigenvalue weighted by atomic mass is 32.1. The second kappa shape index (κ2) is 50.2. The fourth-order valence-corrected chi connectivity index (χ4v) is 26.8. The van der Waals surface area contributed by atoms with Crippen LogP contribution in [0.1, 0.15) is 380 Å². The Labute approximate surface area is 916 Å². The van der Waals surface area contributed by atoms with E-state index >= 15 is 0 Å². The molecular formula is C112H170N26O4S7. The summed E-state index contributed by atoms with van der Waals surface area (Å²) >= 11 is 16.2. The van der Waals surface area contributed by atoms with Gasteiger partial charge in [0.15, 0.2) is 18.3 Å². The fraction of sp³-hybridized carbons (Fsp3) is 0.679. The van der Waals surface area contributed by atoms with Crippen LogP contribution in [0.25, 0.3) is 10.9 Å². The number of carbonyl (C=O) groups is 4. The molecule has 10 aliphatic heterocycles. The van der Waals surface area contributed by atoms with Crippen LogP contribution < -0.4 is 16.0 Å². The third kappa shape index (κ3) is 33.0. The van der Waals surface area contributed by atoms with Crippen molar-refractivity contribution in [3.05, 3.63) is 153 Å². The van der Waals surface area contributed by atoms with Crippen LogP contribution in [0.5, 0.6) is 0 Å². The minimum atomic E-state index is -0.0269. The third-order valence-electron chi connectivity index (χ3n) is 27.4. The van der Waals surface area contributed by atoms with Crippen LogP contribution in [-0.2, 0) is 160 Å². The lowest BCUT2D eigenvalue weighted by molar-refractivity contribution is -0.119. The number of aliphatic imine (C=N–C) groups is 1. The van der Waals surface area contributed by atoms with Gasteiger partial charge in [-0.1, -0.05) is 184 Å². The fourth-order valence-electron chi connectivity index (χ4n) is 19.3. The zero-order valence-electron chi connectivity index (χ0n) is 95.0. The van der Waals surface area contributed by atoms with Crippen molar-refractivity contribution in [3.8, 4) is 0 Å². The molecule has 20 rings (SSSR count). The lowest BCUT2D eigenvalue weighted by Gasteiger charge is -2.32. The largest absolute Gasteiger partial charge is 0.379 e. The molecule has 1 amide bonds. The quantitative estimate of drug-likeness (QED) is 0.0633. The minimum absolute atomic E-state index is 0.0269. The van der Waals surface area contributed by atoms with E-state index in [-0.39, 0.29) is 66.6 Å². The predicted molar refractivity (Wildman–Crippen MR) is 613 cm³/mol. The summed E-state index contributed by atoms with van der Waals surface area (Å²) in [5.74, 6) is 3.77. The van der Waals surface area contributed by atoms with E-state index in [1.807, 2.05) is 104 Å². The molecule has 0 aliphatic carbocycles. The van der Waals surface area contributed by atoms with E-state index in [1.165, 1.54) is 138 Å². The monoisotopic (exact) mass is 2170 g/mol. The number of Topliss-reactive ketones (excluding diaryl/α,β-unsaturated/α-hetero) is 3. The Kier molecular flexibility index (Phi) is 39.8. The summed E-state index contributed by atoms with van der Waals surface area (Å²) in [7, 11) is 0. The van der Waals surface area contributed by atoms with E-state index in [4.69, 9.17) is 42.1 Å². The number of amides is 1.